The molecule has 2 unspecified atom stereocenters. The maximum Gasteiger partial charge on any atom is 0.155 e. The number of nitrogens with two attached hydrogens (primary N) is 1. The van der Waals surface area contributed by atoms with Gasteiger partial charge in [-0.1, -0.05) is 38.4 Å². The zero-order chi connectivity index (χ0) is 32.1. The van der Waals surface area contributed by atoms with Crippen molar-refractivity contribution in [2.75, 3.05) is 0 Å². The van der Waals surface area contributed by atoms with Crippen molar-refractivity contribution in [2.45, 2.75) is 148 Å². The fraction of sp³-hybridized carbons (Fsp3) is 0.895. The van der Waals surface area contributed by atoms with E-state index >= 15 is 0 Å². The van der Waals surface area contributed by atoms with Gasteiger partial charge in [0.2, 0.25) is 0 Å². The number of carbonyl (C=O) groups excluding carboxylic acids is 1. The van der Waals surface area contributed by atoms with Crippen LogP contribution in [0.1, 0.15) is 124 Å². The van der Waals surface area contributed by atoms with Gasteiger partial charge in [-0.15, -0.1) is 0 Å². The second kappa shape index (κ2) is 11.1. The lowest BCUT2D eigenvalue weighted by Crippen LogP contribution is -2.60. The van der Waals surface area contributed by atoms with E-state index in [1.54, 1.807) is 0 Å². The Morgan fingerprint density at radius 2 is 1.49 bits per heavy atom. The minimum Gasteiger partial charge on any atom is -0.411 e. The first-order valence-corrected chi connectivity index (χ1v) is 18.5. The summed E-state index contributed by atoms with van der Waals surface area (Å²) in [6.07, 6.45) is 16.0. The number of hydrogen-bond donors (Lipinski definition) is 5. The highest BCUT2D eigenvalue weighted by Crippen LogP contribution is 2.67. The van der Waals surface area contributed by atoms with E-state index in [1.807, 2.05) is 6.08 Å². The van der Waals surface area contributed by atoms with Gasteiger partial charge < -0.3 is 26.3 Å². The highest BCUT2D eigenvalue weighted by atomic mass is 16.4. The van der Waals surface area contributed by atoms with Gasteiger partial charge in [-0.05, 0) is 154 Å². The molecule has 0 spiro atoms. The Morgan fingerprint density at radius 1 is 0.756 bits per heavy atom. The Labute approximate surface area is 270 Å². The van der Waals surface area contributed by atoms with E-state index < -0.39 is 0 Å². The fourth-order valence-electron chi connectivity index (χ4n) is 14.0. The Morgan fingerprint density at radius 3 is 2.24 bits per heavy atom. The van der Waals surface area contributed by atoms with Crippen LogP contribution in [0.25, 0.3) is 0 Å². The summed E-state index contributed by atoms with van der Waals surface area (Å²) in [6.45, 7) is 9.20. The molecular formula is C38H60N2O5. The third-order valence-electron chi connectivity index (χ3n) is 16.4. The predicted octanol–water partition coefficient (Wildman–Crippen LogP) is 6.01. The van der Waals surface area contributed by atoms with Crippen molar-refractivity contribution in [2.24, 2.45) is 74.0 Å². The summed E-state index contributed by atoms with van der Waals surface area (Å²) in [5.74, 6) is 3.86. The van der Waals surface area contributed by atoms with Crippen molar-refractivity contribution in [1.82, 2.24) is 0 Å². The number of nitrogens with zero attached hydrogens (tertiary/aromatic N) is 1. The molecule has 7 heteroatoms. The number of rotatable bonds is 0. The maximum atomic E-state index is 11.8. The van der Waals surface area contributed by atoms with Crippen LogP contribution < -0.4 is 5.73 Å². The van der Waals surface area contributed by atoms with Crippen LogP contribution in [0.2, 0.25) is 0 Å². The Bertz CT molecular complexity index is 1250. The molecule has 0 aromatic carbocycles. The molecule has 45 heavy (non-hydrogen) atoms. The molecule has 0 aromatic rings. The van der Waals surface area contributed by atoms with E-state index in [0.717, 1.165) is 69.9 Å². The lowest BCUT2D eigenvalue weighted by Gasteiger charge is -2.62. The molecule has 8 rings (SSSR count). The summed E-state index contributed by atoms with van der Waals surface area (Å²) >= 11 is 0. The van der Waals surface area contributed by atoms with Crippen molar-refractivity contribution in [3.05, 3.63) is 11.6 Å². The van der Waals surface area contributed by atoms with E-state index in [2.05, 4.69) is 32.9 Å². The summed E-state index contributed by atoms with van der Waals surface area (Å²) in [6, 6.07) is 0.270. The van der Waals surface area contributed by atoms with Crippen molar-refractivity contribution in [3.8, 4) is 0 Å². The minimum atomic E-state index is -0.377. The normalized spacial score (nSPS) is 56.0. The lowest BCUT2D eigenvalue weighted by atomic mass is 9.44. The van der Waals surface area contributed by atoms with Crippen LogP contribution in [0.3, 0.4) is 0 Å². The number of hydrogen-bond acceptors (Lipinski definition) is 7. The van der Waals surface area contributed by atoms with Gasteiger partial charge in [-0.2, -0.15) is 0 Å². The SMILES string of the molecule is C[C@]12CCC(=O)C=C1CC[C@@H]1[C@@H]2[C@@H](O)C[C@]2(C)/C(=N\O)CC[C@@H]12.C[C@]12CC[C@H](O)CC1CC[C@@H]1[C@@H]2[C@@H](O)C[C@]2(C)C(N)CC[C@@H]12. The topological polar surface area (TPSA) is 136 Å². The monoisotopic (exact) mass is 624 g/mol. The Kier molecular flexibility index (Phi) is 7.99. The van der Waals surface area contributed by atoms with Crippen molar-refractivity contribution in [3.63, 3.8) is 0 Å². The van der Waals surface area contributed by atoms with Crippen molar-refractivity contribution in [1.29, 1.82) is 0 Å². The quantitative estimate of drug-likeness (QED) is 0.166. The van der Waals surface area contributed by atoms with Crippen LogP contribution >= 0.6 is 0 Å². The van der Waals surface area contributed by atoms with Gasteiger partial charge in [-0.25, -0.2) is 0 Å². The molecule has 0 amide bonds. The first-order valence-electron chi connectivity index (χ1n) is 18.5. The molecular weight excluding hydrogens is 564 g/mol. The third kappa shape index (κ3) is 4.70. The van der Waals surface area contributed by atoms with E-state index in [4.69, 9.17) is 5.73 Å². The zero-order valence-corrected chi connectivity index (χ0v) is 28.3. The summed E-state index contributed by atoms with van der Waals surface area (Å²) < 4.78 is 0. The standard InChI is InChI=1S/C19H27NO3.C19H33NO2/c1-18-8-7-12(21)9-11(18)3-4-13-14-5-6-16(20-23)19(14,2)10-15(22)17(13)18;1-18-8-7-12(21)9-11(18)3-4-13-14-5-6-16(20)19(14,2)10-15(22)17(13)18/h9,13-15,17,22-23H,3-8,10H2,1-2H3;11-17,21-22H,3-10,20H2,1-2H3/b20-16-;/t13-,14-,15-,17+,18-,19-;11?,12-,13-,14-,15-,16?,17+,18-,19-/m00/s1. The highest BCUT2D eigenvalue weighted by Gasteiger charge is 2.63. The van der Waals surface area contributed by atoms with Gasteiger partial charge >= 0.3 is 0 Å². The molecule has 0 bridgehead atoms. The summed E-state index contributed by atoms with van der Waals surface area (Å²) in [5, 5.41) is 45.2. The van der Waals surface area contributed by atoms with E-state index in [-0.39, 0.29) is 57.7 Å². The number of ketones is 1. The molecule has 0 saturated heterocycles. The van der Waals surface area contributed by atoms with Crippen molar-refractivity contribution >= 4 is 11.5 Å². The van der Waals surface area contributed by atoms with Gasteiger partial charge in [0, 0.05) is 17.9 Å². The molecule has 7 fully saturated rings. The van der Waals surface area contributed by atoms with E-state index in [9.17, 15) is 25.3 Å². The van der Waals surface area contributed by atoms with E-state index in [0.29, 0.717) is 48.3 Å². The first kappa shape index (κ1) is 32.3. The number of allylic oxidation sites excluding steroid dienone is 1. The maximum absolute atomic E-state index is 11.8. The zero-order valence-electron chi connectivity index (χ0n) is 28.3. The highest BCUT2D eigenvalue weighted by molar-refractivity contribution is 5.92. The fourth-order valence-corrected chi connectivity index (χ4v) is 14.0. The van der Waals surface area contributed by atoms with Crippen LogP contribution in [0.4, 0.5) is 0 Å². The molecule has 0 radical (unpaired) electrons. The number of aliphatic hydroxyl groups excluding tert-OH is 3. The van der Waals surface area contributed by atoms with Crippen molar-refractivity contribution < 1.29 is 25.3 Å². The van der Waals surface area contributed by atoms with Crippen LogP contribution in [-0.2, 0) is 4.79 Å². The second-order valence-electron chi connectivity index (χ2n) is 18.1. The molecule has 7 nitrogen and oxygen atoms in total. The summed E-state index contributed by atoms with van der Waals surface area (Å²) in [4.78, 5) is 11.8. The molecule has 0 aromatic heterocycles. The van der Waals surface area contributed by atoms with Gasteiger partial charge in [0.05, 0.1) is 24.0 Å². The van der Waals surface area contributed by atoms with Crippen LogP contribution in [0, 0.1) is 63.1 Å². The smallest absolute Gasteiger partial charge is 0.155 e. The van der Waals surface area contributed by atoms with Gasteiger partial charge in [0.1, 0.15) is 0 Å². The summed E-state index contributed by atoms with van der Waals surface area (Å²) in [5.41, 5.74) is 8.79. The molecule has 8 aliphatic rings. The molecule has 8 aliphatic carbocycles. The van der Waals surface area contributed by atoms with Crippen LogP contribution in [-0.4, -0.2) is 56.4 Å². The number of carbonyl (C=O) groups is 1. The molecule has 6 N–H and O–H groups in total. The number of fused-ring (bicyclic) bond motifs is 10. The molecule has 252 valence electrons. The van der Waals surface area contributed by atoms with E-state index in [1.165, 1.54) is 24.8 Å². The largest absolute Gasteiger partial charge is 0.411 e. The van der Waals surface area contributed by atoms with Gasteiger partial charge in [-0.3, -0.25) is 4.79 Å². The molecule has 7 saturated carbocycles. The molecule has 0 aliphatic heterocycles. The Balaban J connectivity index is 0.000000145. The first-order chi connectivity index (χ1) is 21.3. The summed E-state index contributed by atoms with van der Waals surface area (Å²) in [7, 11) is 0. The second-order valence-corrected chi connectivity index (χ2v) is 18.1. The van der Waals surface area contributed by atoms with Crippen LogP contribution in [0.5, 0.6) is 0 Å². The van der Waals surface area contributed by atoms with Gasteiger partial charge in [0.15, 0.2) is 5.78 Å². The predicted molar refractivity (Wildman–Crippen MR) is 174 cm³/mol. The lowest BCUT2D eigenvalue weighted by molar-refractivity contribution is -0.173. The van der Waals surface area contributed by atoms with Gasteiger partial charge in [0.25, 0.3) is 0 Å². The third-order valence-corrected chi connectivity index (χ3v) is 16.4. The average molecular weight is 625 g/mol. The molecule has 15 atom stereocenters. The number of oxime groups is 1. The van der Waals surface area contributed by atoms with Crippen LogP contribution in [0.15, 0.2) is 16.8 Å². The number of aliphatic hydroxyl groups is 3. The molecule has 0 heterocycles. The minimum absolute atomic E-state index is 0.0311. The Hall–Kier alpha value is -1.28. The average Bonchev–Trinajstić information content (AvgIpc) is 3.48.